The highest BCUT2D eigenvalue weighted by molar-refractivity contribution is 5.85. The van der Waals surface area contributed by atoms with E-state index in [1.807, 2.05) is 29.2 Å². The summed E-state index contributed by atoms with van der Waals surface area (Å²) in [4.78, 5) is 15.4. The van der Waals surface area contributed by atoms with Gasteiger partial charge in [-0.1, -0.05) is 36.8 Å². The number of carbonyl (C=O) groups is 1. The van der Waals surface area contributed by atoms with E-state index in [0.717, 1.165) is 42.6 Å². The molecule has 0 bridgehead atoms. The highest BCUT2D eigenvalue weighted by Gasteiger charge is 2.35. The normalized spacial score (nSPS) is 22.8. The number of benzene rings is 2. The van der Waals surface area contributed by atoms with Gasteiger partial charge in [-0.2, -0.15) is 0 Å². The first kappa shape index (κ1) is 22.4. The molecule has 4 rings (SSSR count). The summed E-state index contributed by atoms with van der Waals surface area (Å²) in [5, 5.41) is 0. The number of nitrogens with zero attached hydrogens (tertiary/aromatic N) is 1. The third-order valence-corrected chi connectivity index (χ3v) is 6.46. The number of nitrogens with two attached hydrogens (primary N) is 1. The fraction of sp³-hybridized carbons (Fsp3) is 0.458. The van der Waals surface area contributed by atoms with Crippen LogP contribution in [0.25, 0.3) is 0 Å². The molecule has 1 saturated carbocycles. The lowest BCUT2D eigenvalue weighted by molar-refractivity contribution is -0.134. The molecule has 6 heteroatoms. The van der Waals surface area contributed by atoms with E-state index in [0.29, 0.717) is 24.6 Å². The van der Waals surface area contributed by atoms with E-state index in [-0.39, 0.29) is 30.4 Å². The maximum absolute atomic E-state index is 13.4. The molecule has 0 saturated heterocycles. The lowest BCUT2D eigenvalue weighted by atomic mass is 9.86. The molecule has 2 aromatic carbocycles. The Balaban J connectivity index is 0.00000256. The third kappa shape index (κ3) is 4.28. The van der Waals surface area contributed by atoms with E-state index >= 15 is 0 Å². The van der Waals surface area contributed by atoms with Crippen molar-refractivity contribution in [1.29, 1.82) is 0 Å². The largest absolute Gasteiger partial charge is 0.493 e. The quantitative estimate of drug-likeness (QED) is 0.775. The topological polar surface area (TPSA) is 64.8 Å². The number of methoxy groups -OCH3 is 2. The van der Waals surface area contributed by atoms with E-state index in [1.165, 1.54) is 5.56 Å². The summed E-state index contributed by atoms with van der Waals surface area (Å²) in [6, 6.07) is 14.4. The van der Waals surface area contributed by atoms with Gasteiger partial charge in [-0.15, -0.1) is 12.4 Å². The van der Waals surface area contributed by atoms with Crippen LogP contribution in [-0.4, -0.2) is 37.6 Å². The fourth-order valence-corrected chi connectivity index (χ4v) is 4.87. The SMILES string of the molecule is COc1cc2c(cc1OC)C(c1ccccc1)N(C(=O)C[C@@H]1CCC[C@H]1N)CC2.Cl. The second-order valence-corrected chi connectivity index (χ2v) is 8.12. The van der Waals surface area contributed by atoms with E-state index in [9.17, 15) is 4.79 Å². The van der Waals surface area contributed by atoms with Gasteiger partial charge in [0.05, 0.1) is 20.3 Å². The number of ether oxygens (including phenoxy) is 2. The predicted octanol–water partition coefficient (Wildman–Crippen LogP) is 4.12. The molecule has 0 radical (unpaired) electrons. The number of halogens is 1. The summed E-state index contributed by atoms with van der Waals surface area (Å²) < 4.78 is 11.1. The number of hydrogen-bond donors (Lipinski definition) is 1. The second-order valence-electron chi connectivity index (χ2n) is 8.12. The van der Waals surface area contributed by atoms with Crippen LogP contribution in [0.4, 0.5) is 0 Å². The van der Waals surface area contributed by atoms with E-state index in [2.05, 4.69) is 18.2 Å². The van der Waals surface area contributed by atoms with Gasteiger partial charge in [-0.05, 0) is 54.0 Å². The zero-order valence-corrected chi connectivity index (χ0v) is 18.5. The average Bonchev–Trinajstić information content (AvgIpc) is 3.16. The molecule has 1 heterocycles. The van der Waals surface area contributed by atoms with Crippen molar-refractivity contribution in [3.63, 3.8) is 0 Å². The van der Waals surface area contributed by atoms with Crippen LogP contribution >= 0.6 is 12.4 Å². The minimum absolute atomic E-state index is 0. The number of fused-ring (bicyclic) bond motifs is 1. The van der Waals surface area contributed by atoms with Crippen molar-refractivity contribution in [2.45, 2.75) is 44.2 Å². The van der Waals surface area contributed by atoms with Crippen LogP contribution in [0.1, 0.15) is 48.4 Å². The number of amides is 1. The maximum Gasteiger partial charge on any atom is 0.223 e. The third-order valence-electron chi connectivity index (χ3n) is 6.46. The zero-order chi connectivity index (χ0) is 20.4. The lowest BCUT2D eigenvalue weighted by Crippen LogP contribution is -2.42. The van der Waals surface area contributed by atoms with Crippen molar-refractivity contribution in [1.82, 2.24) is 4.90 Å². The molecule has 1 aliphatic carbocycles. The van der Waals surface area contributed by atoms with Crippen LogP contribution in [0.3, 0.4) is 0 Å². The van der Waals surface area contributed by atoms with Gasteiger partial charge >= 0.3 is 0 Å². The Morgan fingerprint density at radius 2 is 1.80 bits per heavy atom. The number of rotatable bonds is 5. The molecule has 2 N–H and O–H groups in total. The molecule has 0 spiro atoms. The standard InChI is InChI=1S/C24H30N2O3.ClH/c1-28-21-13-17-11-12-26(23(27)14-18-9-6-10-20(18)25)24(16-7-4-3-5-8-16)19(17)15-22(21)29-2;/h3-5,7-8,13,15,18,20,24H,6,9-12,14,25H2,1-2H3;1H/t18-,20+,24?;/m0./s1. The van der Waals surface area contributed by atoms with E-state index in [1.54, 1.807) is 14.2 Å². The highest BCUT2D eigenvalue weighted by atomic mass is 35.5. The van der Waals surface area contributed by atoms with Crippen LogP contribution < -0.4 is 15.2 Å². The molecule has 30 heavy (non-hydrogen) atoms. The molecule has 1 fully saturated rings. The van der Waals surface area contributed by atoms with Crippen molar-refractivity contribution in [3.05, 3.63) is 59.2 Å². The van der Waals surface area contributed by atoms with Crippen molar-refractivity contribution < 1.29 is 14.3 Å². The number of carbonyl (C=O) groups excluding carboxylic acids is 1. The van der Waals surface area contributed by atoms with Crippen LogP contribution in [-0.2, 0) is 11.2 Å². The summed E-state index contributed by atoms with van der Waals surface area (Å²) in [5.41, 5.74) is 9.68. The predicted molar refractivity (Wildman–Crippen MR) is 120 cm³/mol. The Hall–Kier alpha value is -2.24. The molecule has 3 atom stereocenters. The van der Waals surface area contributed by atoms with Gasteiger partial charge in [0.2, 0.25) is 5.91 Å². The zero-order valence-electron chi connectivity index (χ0n) is 17.7. The first-order valence-electron chi connectivity index (χ1n) is 10.5. The molecule has 1 amide bonds. The Labute approximate surface area is 184 Å². The van der Waals surface area contributed by atoms with Gasteiger partial charge in [0.25, 0.3) is 0 Å². The van der Waals surface area contributed by atoms with Crippen LogP contribution in [0.15, 0.2) is 42.5 Å². The molecule has 162 valence electrons. The minimum atomic E-state index is -0.120. The average molecular weight is 431 g/mol. The summed E-state index contributed by atoms with van der Waals surface area (Å²) in [5.74, 6) is 1.92. The summed E-state index contributed by atoms with van der Waals surface area (Å²) in [7, 11) is 3.30. The maximum atomic E-state index is 13.4. The van der Waals surface area contributed by atoms with Gasteiger partial charge in [0.15, 0.2) is 11.5 Å². The molecule has 5 nitrogen and oxygen atoms in total. The highest BCUT2D eigenvalue weighted by Crippen LogP contribution is 2.41. The summed E-state index contributed by atoms with van der Waals surface area (Å²) in [6.45, 7) is 0.697. The summed E-state index contributed by atoms with van der Waals surface area (Å²) in [6.07, 6.45) is 4.55. The lowest BCUT2D eigenvalue weighted by Gasteiger charge is -2.39. The van der Waals surface area contributed by atoms with Crippen LogP contribution in [0.2, 0.25) is 0 Å². The van der Waals surface area contributed by atoms with E-state index < -0.39 is 0 Å². The smallest absolute Gasteiger partial charge is 0.223 e. The van der Waals surface area contributed by atoms with Crippen molar-refractivity contribution in [2.24, 2.45) is 11.7 Å². The summed E-state index contributed by atoms with van der Waals surface area (Å²) >= 11 is 0. The Morgan fingerprint density at radius 3 is 2.43 bits per heavy atom. The molecule has 2 aliphatic rings. The monoisotopic (exact) mass is 430 g/mol. The Kier molecular flexibility index (Phi) is 7.27. The second kappa shape index (κ2) is 9.71. The van der Waals surface area contributed by atoms with E-state index in [4.69, 9.17) is 15.2 Å². The molecule has 1 aliphatic heterocycles. The fourth-order valence-electron chi connectivity index (χ4n) is 4.87. The Morgan fingerprint density at radius 1 is 1.10 bits per heavy atom. The van der Waals surface area contributed by atoms with Crippen LogP contribution in [0.5, 0.6) is 11.5 Å². The molecule has 1 unspecified atom stereocenters. The molecular weight excluding hydrogens is 400 g/mol. The van der Waals surface area contributed by atoms with Gasteiger partial charge in [-0.3, -0.25) is 4.79 Å². The molecular formula is C24H31ClN2O3. The van der Waals surface area contributed by atoms with Crippen molar-refractivity contribution >= 4 is 18.3 Å². The van der Waals surface area contributed by atoms with Gasteiger partial charge in [0.1, 0.15) is 0 Å². The van der Waals surface area contributed by atoms with Gasteiger partial charge in [0, 0.05) is 19.0 Å². The minimum Gasteiger partial charge on any atom is -0.493 e. The van der Waals surface area contributed by atoms with Crippen molar-refractivity contribution in [3.8, 4) is 11.5 Å². The molecule has 0 aromatic heterocycles. The van der Waals surface area contributed by atoms with Crippen LogP contribution in [0, 0.1) is 5.92 Å². The van der Waals surface area contributed by atoms with Gasteiger partial charge < -0.3 is 20.1 Å². The van der Waals surface area contributed by atoms with Crippen molar-refractivity contribution in [2.75, 3.05) is 20.8 Å². The Bertz CT molecular complexity index is 874. The number of hydrogen-bond acceptors (Lipinski definition) is 4. The first-order valence-corrected chi connectivity index (χ1v) is 10.5. The van der Waals surface area contributed by atoms with Gasteiger partial charge in [-0.25, -0.2) is 0 Å². The first-order chi connectivity index (χ1) is 14.1. The molecule has 2 aromatic rings.